The summed E-state index contributed by atoms with van der Waals surface area (Å²) in [4.78, 5) is 13.4. The molecule has 3 heterocycles. The molecule has 8 heteroatoms. The summed E-state index contributed by atoms with van der Waals surface area (Å²) >= 11 is 0. The molecule has 1 atom stereocenters. The average molecular weight is 378 g/mol. The van der Waals surface area contributed by atoms with Gasteiger partial charge in [0.05, 0.1) is 5.60 Å². The number of hydrogen-bond donors (Lipinski definition) is 2. The first kappa shape index (κ1) is 21.4. The third kappa shape index (κ3) is 5.43. The van der Waals surface area contributed by atoms with Gasteiger partial charge in [-0.3, -0.25) is 4.90 Å². The monoisotopic (exact) mass is 377 g/mol. The minimum atomic E-state index is -0.551. The normalized spacial score (nSPS) is 24.8. The first-order valence-electron chi connectivity index (χ1n) is 8.40. The summed E-state index contributed by atoms with van der Waals surface area (Å²) in [6, 6.07) is 2.09. The van der Waals surface area contributed by atoms with Crippen LogP contribution in [-0.4, -0.2) is 71.4 Å². The highest BCUT2D eigenvalue weighted by atomic mass is 35.5. The summed E-state index contributed by atoms with van der Waals surface area (Å²) < 4.78 is 0. The second-order valence-electron chi connectivity index (χ2n) is 6.49. The standard InChI is InChI=1S/C16H27N5O.2ClH/c1-2-14-10-15(19-13-18-14)21-8-6-20(7-9-21)12-16(22)4-3-5-17-11-16;;/h10,13,17,22H,2-9,11-12H2,1H3;2*1H. The molecule has 2 aliphatic rings. The molecule has 2 fully saturated rings. The van der Waals surface area contributed by atoms with Gasteiger partial charge in [-0.25, -0.2) is 9.97 Å². The number of nitrogens with one attached hydrogen (secondary N) is 1. The van der Waals surface area contributed by atoms with Crippen LogP contribution in [0.25, 0.3) is 0 Å². The minimum absolute atomic E-state index is 0. The second-order valence-corrected chi connectivity index (χ2v) is 6.49. The largest absolute Gasteiger partial charge is 0.387 e. The summed E-state index contributed by atoms with van der Waals surface area (Å²) in [5, 5.41) is 13.9. The average Bonchev–Trinajstić information content (AvgIpc) is 2.56. The van der Waals surface area contributed by atoms with Gasteiger partial charge in [-0.2, -0.15) is 0 Å². The lowest BCUT2D eigenvalue weighted by Crippen LogP contribution is -2.56. The van der Waals surface area contributed by atoms with Crippen molar-refractivity contribution >= 4 is 30.6 Å². The summed E-state index contributed by atoms with van der Waals surface area (Å²) in [6.45, 7) is 8.53. The van der Waals surface area contributed by atoms with E-state index in [4.69, 9.17) is 0 Å². The van der Waals surface area contributed by atoms with Gasteiger partial charge in [0.25, 0.3) is 0 Å². The lowest BCUT2D eigenvalue weighted by atomic mass is 9.93. The molecule has 2 N–H and O–H groups in total. The van der Waals surface area contributed by atoms with Crippen molar-refractivity contribution in [1.82, 2.24) is 20.2 Å². The van der Waals surface area contributed by atoms with E-state index in [0.717, 1.165) is 76.6 Å². The zero-order valence-electron chi connectivity index (χ0n) is 14.3. The summed E-state index contributed by atoms with van der Waals surface area (Å²) in [5.41, 5.74) is 0.542. The Balaban J connectivity index is 0.00000144. The smallest absolute Gasteiger partial charge is 0.132 e. The molecule has 3 rings (SSSR count). The fourth-order valence-electron chi connectivity index (χ4n) is 3.39. The first-order chi connectivity index (χ1) is 10.7. The second kappa shape index (κ2) is 9.73. The molecule has 138 valence electrons. The molecular weight excluding hydrogens is 349 g/mol. The van der Waals surface area contributed by atoms with E-state index in [9.17, 15) is 5.11 Å². The first-order valence-corrected chi connectivity index (χ1v) is 8.40. The van der Waals surface area contributed by atoms with E-state index in [-0.39, 0.29) is 24.8 Å². The Morgan fingerprint density at radius 3 is 2.58 bits per heavy atom. The van der Waals surface area contributed by atoms with Crippen molar-refractivity contribution in [2.75, 3.05) is 50.7 Å². The molecule has 1 aromatic heterocycles. The lowest BCUT2D eigenvalue weighted by molar-refractivity contribution is -0.0164. The third-order valence-electron chi connectivity index (χ3n) is 4.74. The molecule has 0 spiro atoms. The summed E-state index contributed by atoms with van der Waals surface area (Å²) in [7, 11) is 0. The minimum Gasteiger partial charge on any atom is -0.387 e. The van der Waals surface area contributed by atoms with Gasteiger partial charge in [-0.15, -0.1) is 24.8 Å². The van der Waals surface area contributed by atoms with Gasteiger partial charge in [0, 0.05) is 51.0 Å². The van der Waals surface area contributed by atoms with Crippen LogP contribution in [0.2, 0.25) is 0 Å². The molecule has 2 aliphatic heterocycles. The molecule has 0 saturated carbocycles. The van der Waals surface area contributed by atoms with Gasteiger partial charge >= 0.3 is 0 Å². The Kier molecular flexibility index (Phi) is 8.67. The number of aliphatic hydroxyl groups is 1. The van der Waals surface area contributed by atoms with Gasteiger partial charge in [0.1, 0.15) is 12.1 Å². The van der Waals surface area contributed by atoms with Crippen molar-refractivity contribution in [3.63, 3.8) is 0 Å². The van der Waals surface area contributed by atoms with Crippen LogP contribution in [0, 0.1) is 0 Å². The van der Waals surface area contributed by atoms with E-state index in [2.05, 4.69) is 38.1 Å². The number of nitrogens with zero attached hydrogens (tertiary/aromatic N) is 4. The van der Waals surface area contributed by atoms with E-state index in [0.29, 0.717) is 0 Å². The molecule has 6 nitrogen and oxygen atoms in total. The molecule has 0 amide bonds. The molecule has 0 bridgehead atoms. The van der Waals surface area contributed by atoms with Crippen molar-refractivity contribution < 1.29 is 5.11 Å². The molecule has 0 aliphatic carbocycles. The van der Waals surface area contributed by atoms with Crippen molar-refractivity contribution in [2.24, 2.45) is 0 Å². The van der Waals surface area contributed by atoms with Gasteiger partial charge in [0.2, 0.25) is 0 Å². The van der Waals surface area contributed by atoms with Gasteiger partial charge in [-0.05, 0) is 25.8 Å². The van der Waals surface area contributed by atoms with Crippen molar-refractivity contribution in [3.05, 3.63) is 18.1 Å². The summed E-state index contributed by atoms with van der Waals surface area (Å²) in [6.07, 6.45) is 4.58. The van der Waals surface area contributed by atoms with E-state index in [1.54, 1.807) is 6.33 Å². The van der Waals surface area contributed by atoms with Crippen molar-refractivity contribution in [1.29, 1.82) is 0 Å². The number of hydrogen-bond acceptors (Lipinski definition) is 6. The van der Waals surface area contributed by atoms with Crippen LogP contribution in [0.4, 0.5) is 5.82 Å². The number of piperazine rings is 1. The molecule has 1 aromatic rings. The number of aromatic nitrogens is 2. The Hall–Kier alpha value is -0.660. The number of aryl methyl sites for hydroxylation is 1. The van der Waals surface area contributed by atoms with Gasteiger partial charge < -0.3 is 15.3 Å². The predicted octanol–water partition coefficient (Wildman–Crippen LogP) is 1.12. The highest BCUT2D eigenvalue weighted by Gasteiger charge is 2.32. The molecule has 1 unspecified atom stereocenters. The third-order valence-corrected chi connectivity index (χ3v) is 4.74. The van der Waals surface area contributed by atoms with Crippen molar-refractivity contribution in [2.45, 2.75) is 31.8 Å². The molecule has 0 radical (unpaired) electrons. The number of anilines is 1. The zero-order chi connectivity index (χ0) is 15.4. The van der Waals surface area contributed by atoms with E-state index in [1.807, 2.05) is 0 Å². The molecule has 2 saturated heterocycles. The Labute approximate surface area is 156 Å². The topological polar surface area (TPSA) is 64.5 Å². The SMILES string of the molecule is CCc1cc(N2CCN(CC3(O)CCCNC3)CC2)ncn1.Cl.Cl. The maximum Gasteiger partial charge on any atom is 0.132 e. The van der Waals surface area contributed by atoms with E-state index in [1.165, 1.54) is 0 Å². The zero-order valence-corrected chi connectivity index (χ0v) is 15.9. The maximum absolute atomic E-state index is 10.6. The molecule has 24 heavy (non-hydrogen) atoms. The van der Waals surface area contributed by atoms with Crippen LogP contribution < -0.4 is 10.2 Å². The maximum atomic E-state index is 10.6. The number of rotatable bonds is 4. The van der Waals surface area contributed by atoms with Crippen LogP contribution in [0.1, 0.15) is 25.5 Å². The Bertz CT molecular complexity index is 491. The van der Waals surface area contributed by atoms with E-state index >= 15 is 0 Å². The molecular formula is C16H29Cl2N5O. The number of halogens is 2. The number of piperidine rings is 1. The van der Waals surface area contributed by atoms with Gasteiger partial charge in [0.15, 0.2) is 0 Å². The Morgan fingerprint density at radius 1 is 1.21 bits per heavy atom. The van der Waals surface area contributed by atoms with E-state index < -0.39 is 5.60 Å². The van der Waals surface area contributed by atoms with Crippen LogP contribution in [0.15, 0.2) is 12.4 Å². The molecule has 0 aromatic carbocycles. The van der Waals surface area contributed by atoms with Crippen LogP contribution >= 0.6 is 24.8 Å². The highest BCUT2D eigenvalue weighted by molar-refractivity contribution is 5.85. The quantitative estimate of drug-likeness (QED) is 0.819. The number of β-amino-alcohol motifs (C(OH)–C–C–N with tert-alkyl or cyclic N) is 1. The fourth-order valence-corrected chi connectivity index (χ4v) is 3.39. The highest BCUT2D eigenvalue weighted by Crippen LogP contribution is 2.20. The Morgan fingerprint density at radius 2 is 1.96 bits per heavy atom. The van der Waals surface area contributed by atoms with Crippen LogP contribution in [0.3, 0.4) is 0 Å². The van der Waals surface area contributed by atoms with Gasteiger partial charge in [-0.1, -0.05) is 6.92 Å². The van der Waals surface area contributed by atoms with Crippen LogP contribution in [-0.2, 0) is 6.42 Å². The summed E-state index contributed by atoms with van der Waals surface area (Å²) in [5.74, 6) is 1.03. The lowest BCUT2D eigenvalue weighted by Gasteiger charge is -2.41. The predicted molar refractivity (Wildman–Crippen MR) is 102 cm³/mol. The fraction of sp³-hybridized carbons (Fsp3) is 0.750. The van der Waals surface area contributed by atoms with Crippen molar-refractivity contribution in [3.8, 4) is 0 Å². The van der Waals surface area contributed by atoms with Crippen LogP contribution in [0.5, 0.6) is 0 Å².